The third-order valence-electron chi connectivity index (χ3n) is 3.27. The van der Waals surface area contributed by atoms with Crippen LogP contribution in [-0.2, 0) is 19.6 Å². The van der Waals surface area contributed by atoms with Gasteiger partial charge in [0.2, 0.25) is 11.7 Å². The summed E-state index contributed by atoms with van der Waals surface area (Å²) in [5.41, 5.74) is -1.14. The lowest BCUT2D eigenvalue weighted by atomic mass is 10.2. The highest BCUT2D eigenvalue weighted by atomic mass is 19.4. The summed E-state index contributed by atoms with van der Waals surface area (Å²) < 4.78 is 44.7. The van der Waals surface area contributed by atoms with Crippen LogP contribution in [0.5, 0.6) is 0 Å². The Hall–Kier alpha value is -1.86. The quantitative estimate of drug-likeness (QED) is 0.867. The van der Waals surface area contributed by atoms with E-state index in [0.29, 0.717) is 18.2 Å². The molecular weight excluding hydrogens is 273 g/mol. The highest BCUT2D eigenvalue weighted by molar-refractivity contribution is 5.57. The van der Waals surface area contributed by atoms with Crippen LogP contribution in [0.15, 0.2) is 10.7 Å². The summed E-state index contributed by atoms with van der Waals surface area (Å²) in [6.45, 7) is 0. The fourth-order valence-corrected chi connectivity index (χ4v) is 2.06. The van der Waals surface area contributed by atoms with Crippen LogP contribution in [0.3, 0.4) is 0 Å². The van der Waals surface area contributed by atoms with Gasteiger partial charge in [0.15, 0.2) is 5.69 Å². The van der Waals surface area contributed by atoms with E-state index in [2.05, 4.69) is 15.2 Å². The lowest BCUT2D eigenvalue weighted by Gasteiger charge is -2.02. The first-order valence-corrected chi connectivity index (χ1v) is 6.37. The van der Waals surface area contributed by atoms with Crippen molar-refractivity contribution in [3.63, 3.8) is 0 Å². The van der Waals surface area contributed by atoms with E-state index in [4.69, 9.17) is 4.52 Å². The van der Waals surface area contributed by atoms with Gasteiger partial charge in [-0.15, -0.1) is 0 Å². The number of hydrogen-bond acceptors (Lipinski definition) is 4. The van der Waals surface area contributed by atoms with Crippen LogP contribution in [0, 0.1) is 5.92 Å². The fourth-order valence-electron chi connectivity index (χ4n) is 2.06. The summed E-state index contributed by atoms with van der Waals surface area (Å²) in [6.07, 6.45) is 0.688. The van der Waals surface area contributed by atoms with E-state index >= 15 is 0 Å². The average Bonchev–Trinajstić information content (AvgIpc) is 2.91. The topological polar surface area (TPSA) is 56.7 Å². The molecule has 0 saturated heterocycles. The minimum absolute atomic E-state index is 0.0591. The molecule has 3 rings (SSSR count). The molecule has 1 fully saturated rings. The van der Waals surface area contributed by atoms with Crippen LogP contribution in [0.25, 0.3) is 11.4 Å². The third-order valence-corrected chi connectivity index (χ3v) is 3.27. The minimum Gasteiger partial charge on any atom is -0.339 e. The molecule has 0 radical (unpaired) electrons. The maximum Gasteiger partial charge on any atom is 0.435 e. The minimum atomic E-state index is -4.54. The Kier molecular flexibility index (Phi) is 3.02. The molecule has 0 atom stereocenters. The van der Waals surface area contributed by atoms with Crippen LogP contribution in [0.4, 0.5) is 13.2 Å². The van der Waals surface area contributed by atoms with Crippen molar-refractivity contribution < 1.29 is 17.7 Å². The van der Waals surface area contributed by atoms with E-state index in [1.54, 1.807) is 0 Å². The largest absolute Gasteiger partial charge is 0.435 e. The Balaban J connectivity index is 1.84. The molecule has 0 unspecified atom stereocenters. The zero-order valence-electron chi connectivity index (χ0n) is 10.8. The predicted octanol–water partition coefficient (Wildman–Crippen LogP) is 2.83. The van der Waals surface area contributed by atoms with E-state index in [0.717, 1.165) is 11.1 Å². The van der Waals surface area contributed by atoms with Gasteiger partial charge >= 0.3 is 6.18 Å². The van der Waals surface area contributed by atoms with Crippen LogP contribution in [-0.4, -0.2) is 19.9 Å². The SMILES string of the molecule is Cn1cc(-c2noc(CCC3CC3)n2)c(C(F)(F)F)n1. The lowest BCUT2D eigenvalue weighted by molar-refractivity contribution is -0.141. The summed E-state index contributed by atoms with van der Waals surface area (Å²) in [5.74, 6) is 1.02. The van der Waals surface area contributed by atoms with Gasteiger partial charge in [0.1, 0.15) is 0 Å². The van der Waals surface area contributed by atoms with Crippen LogP contribution < -0.4 is 0 Å². The third kappa shape index (κ3) is 2.68. The number of hydrogen-bond donors (Lipinski definition) is 0. The van der Waals surface area contributed by atoms with Crippen molar-refractivity contribution in [3.8, 4) is 11.4 Å². The molecule has 0 spiro atoms. The zero-order valence-corrected chi connectivity index (χ0v) is 10.8. The number of nitrogens with zero attached hydrogens (tertiary/aromatic N) is 4. The molecule has 8 heteroatoms. The average molecular weight is 286 g/mol. The van der Waals surface area contributed by atoms with Crippen molar-refractivity contribution in [2.45, 2.75) is 31.9 Å². The number of aromatic nitrogens is 4. The van der Waals surface area contributed by atoms with Gasteiger partial charge in [0.25, 0.3) is 0 Å². The monoisotopic (exact) mass is 286 g/mol. The summed E-state index contributed by atoms with van der Waals surface area (Å²) >= 11 is 0. The van der Waals surface area contributed by atoms with Gasteiger partial charge in [-0.2, -0.15) is 23.3 Å². The van der Waals surface area contributed by atoms with Gasteiger partial charge in [-0.25, -0.2) is 0 Å². The van der Waals surface area contributed by atoms with E-state index in [-0.39, 0.29) is 11.4 Å². The fraction of sp³-hybridized carbons (Fsp3) is 0.583. The Morgan fingerprint density at radius 2 is 2.15 bits per heavy atom. The summed E-state index contributed by atoms with van der Waals surface area (Å²) in [4.78, 5) is 4.04. The first-order chi connectivity index (χ1) is 9.43. The molecule has 2 aromatic heterocycles. The van der Waals surface area contributed by atoms with E-state index in [9.17, 15) is 13.2 Å². The van der Waals surface area contributed by atoms with Crippen molar-refractivity contribution in [2.75, 3.05) is 0 Å². The normalized spacial score (nSPS) is 15.8. The number of aryl methyl sites for hydroxylation is 2. The molecule has 2 heterocycles. The van der Waals surface area contributed by atoms with E-state index < -0.39 is 11.9 Å². The smallest absolute Gasteiger partial charge is 0.339 e. The van der Waals surface area contributed by atoms with Gasteiger partial charge in [0, 0.05) is 19.7 Å². The zero-order chi connectivity index (χ0) is 14.3. The summed E-state index contributed by atoms with van der Waals surface area (Å²) in [5, 5.41) is 7.05. The number of rotatable bonds is 4. The molecule has 108 valence electrons. The highest BCUT2D eigenvalue weighted by Crippen LogP contribution is 2.35. The molecule has 0 aromatic carbocycles. The molecular formula is C12H13F3N4O. The molecule has 0 N–H and O–H groups in total. The molecule has 0 aliphatic heterocycles. The van der Waals surface area contributed by atoms with Crippen molar-refractivity contribution in [1.29, 1.82) is 0 Å². The summed E-state index contributed by atoms with van der Waals surface area (Å²) in [6, 6.07) is 0. The molecule has 1 saturated carbocycles. The standard InChI is InChI=1S/C12H13F3N4O/c1-19-6-8(10(17-19)12(13,14)15)11-16-9(20-18-11)5-4-7-2-3-7/h6-7H,2-5H2,1H3. The first-order valence-electron chi connectivity index (χ1n) is 6.37. The second-order valence-electron chi connectivity index (χ2n) is 5.06. The van der Waals surface area contributed by atoms with Crippen LogP contribution in [0.1, 0.15) is 30.8 Å². The second-order valence-corrected chi connectivity index (χ2v) is 5.06. The van der Waals surface area contributed by atoms with Gasteiger partial charge < -0.3 is 4.52 Å². The van der Waals surface area contributed by atoms with Gasteiger partial charge in [0.05, 0.1) is 5.56 Å². The summed E-state index contributed by atoms with van der Waals surface area (Å²) in [7, 11) is 1.42. The number of halogens is 3. The van der Waals surface area contributed by atoms with E-state index in [1.807, 2.05) is 0 Å². The Bertz CT molecular complexity index is 612. The van der Waals surface area contributed by atoms with Crippen molar-refractivity contribution in [3.05, 3.63) is 17.8 Å². The molecule has 0 amide bonds. The molecule has 20 heavy (non-hydrogen) atoms. The van der Waals surface area contributed by atoms with Gasteiger partial charge in [-0.1, -0.05) is 18.0 Å². The second kappa shape index (κ2) is 4.60. The maximum absolute atomic E-state index is 12.9. The number of alkyl halides is 3. The van der Waals surface area contributed by atoms with E-state index in [1.165, 1.54) is 26.1 Å². The Morgan fingerprint density at radius 3 is 2.80 bits per heavy atom. The van der Waals surface area contributed by atoms with Crippen molar-refractivity contribution in [2.24, 2.45) is 13.0 Å². The molecule has 2 aromatic rings. The lowest BCUT2D eigenvalue weighted by Crippen LogP contribution is -2.08. The predicted molar refractivity (Wildman–Crippen MR) is 62.5 cm³/mol. The Morgan fingerprint density at radius 1 is 1.40 bits per heavy atom. The van der Waals surface area contributed by atoms with Crippen LogP contribution in [0.2, 0.25) is 0 Å². The van der Waals surface area contributed by atoms with Crippen LogP contribution >= 0.6 is 0 Å². The molecule has 5 nitrogen and oxygen atoms in total. The molecule has 1 aliphatic rings. The Labute approximate surface area is 112 Å². The van der Waals surface area contributed by atoms with Crippen molar-refractivity contribution in [1.82, 2.24) is 19.9 Å². The van der Waals surface area contributed by atoms with Gasteiger partial charge in [-0.05, 0) is 12.3 Å². The molecule has 0 bridgehead atoms. The molecule has 1 aliphatic carbocycles. The highest BCUT2D eigenvalue weighted by Gasteiger charge is 2.38. The first kappa shape index (κ1) is 13.1. The van der Waals surface area contributed by atoms with Gasteiger partial charge in [-0.3, -0.25) is 4.68 Å². The van der Waals surface area contributed by atoms with Crippen molar-refractivity contribution >= 4 is 0 Å². The maximum atomic E-state index is 12.9.